The SMILES string of the molecule is COCCN1CC(=O)NC(CN)C1. The number of nitrogens with zero attached hydrogens (tertiary/aromatic N) is 1. The van der Waals surface area contributed by atoms with Gasteiger partial charge < -0.3 is 15.8 Å². The van der Waals surface area contributed by atoms with Crippen LogP contribution in [0.15, 0.2) is 0 Å². The second kappa shape index (κ2) is 5.16. The number of hydrogen-bond acceptors (Lipinski definition) is 4. The van der Waals surface area contributed by atoms with Crippen LogP contribution in [0.3, 0.4) is 0 Å². The van der Waals surface area contributed by atoms with Crippen molar-refractivity contribution < 1.29 is 9.53 Å². The Labute approximate surface area is 78.2 Å². The number of amides is 1. The van der Waals surface area contributed by atoms with Crippen molar-refractivity contribution in [3.05, 3.63) is 0 Å². The maximum atomic E-state index is 11.2. The van der Waals surface area contributed by atoms with Crippen molar-refractivity contribution in [2.24, 2.45) is 5.73 Å². The largest absolute Gasteiger partial charge is 0.383 e. The Kier molecular flexibility index (Phi) is 4.14. The standard InChI is InChI=1S/C8H17N3O2/c1-13-3-2-11-5-7(4-9)10-8(12)6-11/h7H,2-6,9H2,1H3,(H,10,12). The van der Waals surface area contributed by atoms with Crippen molar-refractivity contribution >= 4 is 5.91 Å². The van der Waals surface area contributed by atoms with Gasteiger partial charge in [0.05, 0.1) is 19.2 Å². The third-order valence-corrected chi connectivity index (χ3v) is 2.11. The lowest BCUT2D eigenvalue weighted by Gasteiger charge is -2.32. The number of ether oxygens (including phenoxy) is 1. The Morgan fingerprint density at radius 3 is 3.15 bits per heavy atom. The van der Waals surface area contributed by atoms with E-state index in [1.807, 2.05) is 0 Å². The van der Waals surface area contributed by atoms with Crippen LogP contribution in [-0.4, -0.2) is 56.7 Å². The first-order valence-corrected chi connectivity index (χ1v) is 4.47. The molecule has 1 aliphatic rings. The number of carbonyl (C=O) groups is 1. The predicted molar refractivity (Wildman–Crippen MR) is 49.3 cm³/mol. The molecule has 0 aromatic rings. The van der Waals surface area contributed by atoms with Gasteiger partial charge in [0.25, 0.3) is 0 Å². The van der Waals surface area contributed by atoms with Gasteiger partial charge in [-0.1, -0.05) is 0 Å². The molecule has 1 unspecified atom stereocenters. The van der Waals surface area contributed by atoms with Gasteiger partial charge in [-0.25, -0.2) is 0 Å². The third kappa shape index (κ3) is 3.30. The zero-order valence-electron chi connectivity index (χ0n) is 7.95. The van der Waals surface area contributed by atoms with Crippen LogP contribution in [0, 0.1) is 0 Å². The quantitative estimate of drug-likeness (QED) is 0.556. The molecule has 1 atom stereocenters. The fourth-order valence-corrected chi connectivity index (χ4v) is 1.42. The van der Waals surface area contributed by atoms with E-state index < -0.39 is 0 Å². The Hall–Kier alpha value is -0.650. The molecule has 76 valence electrons. The number of nitrogens with two attached hydrogens (primary N) is 1. The van der Waals surface area contributed by atoms with Crippen LogP contribution < -0.4 is 11.1 Å². The average molecular weight is 187 g/mol. The van der Waals surface area contributed by atoms with Crippen molar-refractivity contribution in [2.45, 2.75) is 6.04 Å². The molecular weight excluding hydrogens is 170 g/mol. The highest BCUT2D eigenvalue weighted by atomic mass is 16.5. The highest BCUT2D eigenvalue weighted by molar-refractivity contribution is 5.79. The Balaban J connectivity index is 2.33. The molecule has 1 aliphatic heterocycles. The van der Waals surface area contributed by atoms with Gasteiger partial charge in [0.15, 0.2) is 0 Å². The molecule has 0 aromatic carbocycles. The van der Waals surface area contributed by atoms with Gasteiger partial charge >= 0.3 is 0 Å². The number of methoxy groups -OCH3 is 1. The van der Waals surface area contributed by atoms with Crippen molar-refractivity contribution in [1.29, 1.82) is 0 Å². The summed E-state index contributed by atoms with van der Waals surface area (Å²) in [6.45, 7) is 3.23. The maximum Gasteiger partial charge on any atom is 0.234 e. The molecule has 3 N–H and O–H groups in total. The van der Waals surface area contributed by atoms with E-state index in [4.69, 9.17) is 10.5 Å². The van der Waals surface area contributed by atoms with E-state index in [0.717, 1.165) is 13.1 Å². The van der Waals surface area contributed by atoms with Crippen LogP contribution in [-0.2, 0) is 9.53 Å². The zero-order valence-corrected chi connectivity index (χ0v) is 7.95. The number of hydrogen-bond donors (Lipinski definition) is 2. The fourth-order valence-electron chi connectivity index (χ4n) is 1.42. The van der Waals surface area contributed by atoms with Crippen molar-refractivity contribution in [1.82, 2.24) is 10.2 Å². The molecule has 13 heavy (non-hydrogen) atoms. The molecule has 5 nitrogen and oxygen atoms in total. The topological polar surface area (TPSA) is 67.6 Å². The number of piperazine rings is 1. The highest BCUT2D eigenvalue weighted by Gasteiger charge is 2.22. The van der Waals surface area contributed by atoms with Gasteiger partial charge in [0, 0.05) is 26.7 Å². The molecule has 0 aliphatic carbocycles. The molecule has 1 fully saturated rings. The second-order valence-corrected chi connectivity index (χ2v) is 3.23. The summed E-state index contributed by atoms with van der Waals surface area (Å²) in [5, 5.41) is 2.83. The first-order valence-electron chi connectivity index (χ1n) is 4.47. The van der Waals surface area contributed by atoms with Crippen LogP contribution in [0.4, 0.5) is 0 Å². The molecule has 0 radical (unpaired) electrons. The minimum Gasteiger partial charge on any atom is -0.383 e. The zero-order chi connectivity index (χ0) is 9.68. The Morgan fingerprint density at radius 1 is 1.77 bits per heavy atom. The Morgan fingerprint density at radius 2 is 2.54 bits per heavy atom. The highest BCUT2D eigenvalue weighted by Crippen LogP contribution is 1.98. The van der Waals surface area contributed by atoms with Crippen LogP contribution in [0.5, 0.6) is 0 Å². The predicted octanol–water partition coefficient (Wildman–Crippen LogP) is -1.61. The number of carbonyl (C=O) groups excluding carboxylic acids is 1. The summed E-state index contributed by atoms with van der Waals surface area (Å²) in [6, 6.07) is 0.0955. The van der Waals surface area contributed by atoms with Crippen LogP contribution >= 0.6 is 0 Å². The maximum absolute atomic E-state index is 11.2. The molecule has 0 spiro atoms. The number of rotatable bonds is 4. The van der Waals surface area contributed by atoms with Gasteiger partial charge in [0.1, 0.15) is 0 Å². The molecular formula is C8H17N3O2. The molecule has 1 heterocycles. The van der Waals surface area contributed by atoms with Gasteiger partial charge in [-0.15, -0.1) is 0 Å². The van der Waals surface area contributed by atoms with Crippen molar-refractivity contribution in [3.8, 4) is 0 Å². The third-order valence-electron chi connectivity index (χ3n) is 2.11. The summed E-state index contributed by atoms with van der Waals surface area (Å²) in [4.78, 5) is 13.2. The molecule has 5 heteroatoms. The van der Waals surface area contributed by atoms with Gasteiger partial charge in [-0.2, -0.15) is 0 Å². The van der Waals surface area contributed by atoms with E-state index in [9.17, 15) is 4.79 Å². The van der Waals surface area contributed by atoms with Crippen molar-refractivity contribution in [3.63, 3.8) is 0 Å². The molecule has 0 aromatic heterocycles. The fraction of sp³-hybridized carbons (Fsp3) is 0.875. The first kappa shape index (κ1) is 10.4. The van der Waals surface area contributed by atoms with E-state index >= 15 is 0 Å². The van der Waals surface area contributed by atoms with Gasteiger partial charge in [-0.3, -0.25) is 9.69 Å². The van der Waals surface area contributed by atoms with Crippen molar-refractivity contribution in [2.75, 3.05) is 39.9 Å². The summed E-state index contributed by atoms with van der Waals surface area (Å²) in [5.74, 6) is 0.0535. The summed E-state index contributed by atoms with van der Waals surface area (Å²) in [6.07, 6.45) is 0. The van der Waals surface area contributed by atoms with E-state index in [-0.39, 0.29) is 11.9 Å². The molecule has 1 rings (SSSR count). The smallest absolute Gasteiger partial charge is 0.234 e. The van der Waals surface area contributed by atoms with E-state index in [1.165, 1.54) is 0 Å². The minimum atomic E-state index is 0.0535. The lowest BCUT2D eigenvalue weighted by molar-refractivity contribution is -0.125. The molecule has 0 saturated carbocycles. The average Bonchev–Trinajstić information content (AvgIpc) is 2.14. The molecule has 0 bridgehead atoms. The van der Waals surface area contributed by atoms with E-state index in [2.05, 4.69) is 10.2 Å². The lowest BCUT2D eigenvalue weighted by Crippen LogP contribution is -2.57. The number of nitrogens with one attached hydrogen (secondary N) is 1. The van der Waals surface area contributed by atoms with E-state index in [1.54, 1.807) is 7.11 Å². The molecule has 1 amide bonds. The first-order chi connectivity index (χ1) is 6.26. The van der Waals surface area contributed by atoms with Gasteiger partial charge in [0.2, 0.25) is 5.91 Å². The normalized spacial score (nSPS) is 24.5. The summed E-state index contributed by atoms with van der Waals surface area (Å²) in [5.41, 5.74) is 5.48. The van der Waals surface area contributed by atoms with Crippen LogP contribution in [0.25, 0.3) is 0 Å². The minimum absolute atomic E-state index is 0.0535. The Bertz CT molecular complexity index is 175. The molecule has 1 saturated heterocycles. The van der Waals surface area contributed by atoms with Crippen LogP contribution in [0.1, 0.15) is 0 Å². The van der Waals surface area contributed by atoms with E-state index in [0.29, 0.717) is 19.7 Å². The lowest BCUT2D eigenvalue weighted by atomic mass is 10.2. The van der Waals surface area contributed by atoms with Crippen LogP contribution in [0.2, 0.25) is 0 Å². The van der Waals surface area contributed by atoms with Gasteiger partial charge in [-0.05, 0) is 0 Å². The summed E-state index contributed by atoms with van der Waals surface area (Å²) < 4.78 is 4.94. The summed E-state index contributed by atoms with van der Waals surface area (Å²) >= 11 is 0. The second-order valence-electron chi connectivity index (χ2n) is 3.23. The summed E-state index contributed by atoms with van der Waals surface area (Å²) in [7, 11) is 1.66. The monoisotopic (exact) mass is 187 g/mol.